The average molecular weight is 291 g/mol. The molecule has 1 saturated heterocycles. The van der Waals surface area contributed by atoms with Crippen LogP contribution in [0.5, 0.6) is 0 Å². The van der Waals surface area contributed by atoms with Crippen LogP contribution in [0.4, 0.5) is 5.69 Å². The molecule has 2 amide bonds. The van der Waals surface area contributed by atoms with Gasteiger partial charge in [0, 0.05) is 19.2 Å². The van der Waals surface area contributed by atoms with Crippen LogP contribution in [0.3, 0.4) is 0 Å². The Morgan fingerprint density at radius 1 is 1.43 bits per heavy atom. The minimum Gasteiger partial charge on any atom is -0.379 e. The van der Waals surface area contributed by atoms with Gasteiger partial charge in [0.25, 0.3) is 0 Å². The second-order valence-corrected chi connectivity index (χ2v) is 5.46. The lowest BCUT2D eigenvalue weighted by molar-refractivity contribution is -0.127. The number of carbonyl (C=O) groups excluding carboxylic acids is 2. The van der Waals surface area contributed by atoms with E-state index in [4.69, 9.17) is 10.5 Å². The first-order chi connectivity index (χ1) is 9.90. The summed E-state index contributed by atoms with van der Waals surface area (Å²) < 4.78 is 5.20. The molecule has 6 heteroatoms. The summed E-state index contributed by atoms with van der Waals surface area (Å²) in [4.78, 5) is 23.3. The Labute approximate surface area is 124 Å². The number of nitrogens with two attached hydrogens (primary N) is 1. The summed E-state index contributed by atoms with van der Waals surface area (Å²) >= 11 is 0. The first-order valence-corrected chi connectivity index (χ1v) is 6.96. The molecule has 0 saturated carbocycles. The molecule has 1 heterocycles. The second kappa shape index (κ2) is 6.24. The Morgan fingerprint density at radius 2 is 2.19 bits per heavy atom. The Balaban J connectivity index is 2.04. The molecule has 4 N–H and O–H groups in total. The molecule has 1 aromatic rings. The maximum atomic E-state index is 12.2. The number of hydrogen-bond acceptors (Lipinski definition) is 4. The van der Waals surface area contributed by atoms with E-state index in [1.54, 1.807) is 6.07 Å². The molecule has 1 aromatic carbocycles. The van der Waals surface area contributed by atoms with Crippen LogP contribution in [-0.2, 0) is 14.3 Å². The van der Waals surface area contributed by atoms with Crippen LogP contribution in [0.2, 0.25) is 0 Å². The molecular weight excluding hydrogens is 270 g/mol. The van der Waals surface area contributed by atoms with Gasteiger partial charge in [-0.15, -0.1) is 0 Å². The van der Waals surface area contributed by atoms with Gasteiger partial charge in [-0.1, -0.05) is 12.1 Å². The van der Waals surface area contributed by atoms with Gasteiger partial charge in [-0.25, -0.2) is 0 Å². The van der Waals surface area contributed by atoms with Crippen LogP contribution < -0.4 is 16.4 Å². The third kappa shape index (κ3) is 3.80. The lowest BCUT2D eigenvalue weighted by Crippen LogP contribution is -2.54. The first-order valence-electron chi connectivity index (χ1n) is 6.96. The van der Waals surface area contributed by atoms with Gasteiger partial charge in [-0.2, -0.15) is 0 Å². The lowest BCUT2D eigenvalue weighted by Gasteiger charge is -2.24. The van der Waals surface area contributed by atoms with Crippen molar-refractivity contribution in [2.75, 3.05) is 18.5 Å². The molecule has 114 valence electrons. The highest BCUT2D eigenvalue weighted by Crippen LogP contribution is 2.20. The number of amides is 2. The third-order valence-corrected chi connectivity index (χ3v) is 3.56. The SMILES string of the molecule is CC(=O)Nc1cccc(C(C)NC(=O)C2(N)CCOC2)c1. The number of rotatable bonds is 4. The molecule has 0 spiro atoms. The highest BCUT2D eigenvalue weighted by molar-refractivity contribution is 5.89. The summed E-state index contributed by atoms with van der Waals surface area (Å²) in [6, 6.07) is 7.16. The van der Waals surface area contributed by atoms with Crippen molar-refractivity contribution in [3.8, 4) is 0 Å². The molecule has 0 aliphatic carbocycles. The van der Waals surface area contributed by atoms with E-state index in [0.29, 0.717) is 18.7 Å². The van der Waals surface area contributed by atoms with Crippen molar-refractivity contribution in [3.63, 3.8) is 0 Å². The molecule has 1 aliphatic heterocycles. The van der Waals surface area contributed by atoms with Gasteiger partial charge in [0.15, 0.2) is 0 Å². The highest BCUT2D eigenvalue weighted by atomic mass is 16.5. The van der Waals surface area contributed by atoms with Crippen molar-refractivity contribution < 1.29 is 14.3 Å². The molecule has 1 aliphatic rings. The zero-order chi connectivity index (χ0) is 15.5. The fourth-order valence-corrected chi connectivity index (χ4v) is 2.27. The number of ether oxygens (including phenoxy) is 1. The number of anilines is 1. The number of nitrogens with one attached hydrogen (secondary N) is 2. The average Bonchev–Trinajstić information content (AvgIpc) is 2.86. The lowest BCUT2D eigenvalue weighted by atomic mass is 9.98. The van der Waals surface area contributed by atoms with Gasteiger partial charge in [-0.05, 0) is 31.0 Å². The molecule has 2 atom stereocenters. The van der Waals surface area contributed by atoms with Crippen LogP contribution in [0.25, 0.3) is 0 Å². The number of hydrogen-bond donors (Lipinski definition) is 3. The molecule has 0 aromatic heterocycles. The van der Waals surface area contributed by atoms with E-state index in [1.165, 1.54) is 6.92 Å². The van der Waals surface area contributed by atoms with Gasteiger partial charge >= 0.3 is 0 Å². The van der Waals surface area contributed by atoms with E-state index in [1.807, 2.05) is 25.1 Å². The normalized spacial score (nSPS) is 22.6. The molecular formula is C15H21N3O3. The smallest absolute Gasteiger partial charge is 0.243 e. The maximum Gasteiger partial charge on any atom is 0.243 e. The van der Waals surface area contributed by atoms with Crippen LogP contribution in [-0.4, -0.2) is 30.6 Å². The fraction of sp³-hybridized carbons (Fsp3) is 0.467. The topological polar surface area (TPSA) is 93.5 Å². The summed E-state index contributed by atoms with van der Waals surface area (Å²) in [5.74, 6) is -0.342. The van der Waals surface area contributed by atoms with E-state index < -0.39 is 5.54 Å². The van der Waals surface area contributed by atoms with Gasteiger partial charge in [-0.3, -0.25) is 9.59 Å². The standard InChI is InChI=1S/C15H21N3O3/c1-10(17-14(20)15(16)6-7-21-9-15)12-4-3-5-13(8-12)18-11(2)19/h3-5,8,10H,6-7,9,16H2,1-2H3,(H,17,20)(H,18,19). The summed E-state index contributed by atoms with van der Waals surface area (Å²) in [6.07, 6.45) is 0.525. The quantitative estimate of drug-likeness (QED) is 0.769. The summed E-state index contributed by atoms with van der Waals surface area (Å²) in [5.41, 5.74) is 6.69. The monoisotopic (exact) mass is 291 g/mol. The largest absolute Gasteiger partial charge is 0.379 e. The van der Waals surface area contributed by atoms with Crippen molar-refractivity contribution in [1.82, 2.24) is 5.32 Å². The highest BCUT2D eigenvalue weighted by Gasteiger charge is 2.38. The van der Waals surface area contributed by atoms with Gasteiger partial charge < -0.3 is 21.1 Å². The Morgan fingerprint density at radius 3 is 2.81 bits per heavy atom. The van der Waals surface area contributed by atoms with Crippen LogP contribution in [0.15, 0.2) is 24.3 Å². The summed E-state index contributed by atoms with van der Waals surface area (Å²) in [5, 5.41) is 5.62. The molecule has 21 heavy (non-hydrogen) atoms. The van der Waals surface area contributed by atoms with Crippen molar-refractivity contribution in [3.05, 3.63) is 29.8 Å². The minimum atomic E-state index is -0.941. The second-order valence-electron chi connectivity index (χ2n) is 5.46. The van der Waals surface area contributed by atoms with Gasteiger partial charge in [0.05, 0.1) is 12.6 Å². The van der Waals surface area contributed by atoms with E-state index in [9.17, 15) is 9.59 Å². The molecule has 2 unspecified atom stereocenters. The minimum absolute atomic E-state index is 0.132. The van der Waals surface area contributed by atoms with E-state index in [-0.39, 0.29) is 24.5 Å². The maximum absolute atomic E-state index is 12.2. The zero-order valence-corrected chi connectivity index (χ0v) is 12.3. The molecule has 2 rings (SSSR count). The number of carbonyl (C=O) groups is 2. The van der Waals surface area contributed by atoms with Crippen LogP contribution >= 0.6 is 0 Å². The van der Waals surface area contributed by atoms with E-state index in [2.05, 4.69) is 10.6 Å². The van der Waals surface area contributed by atoms with Crippen molar-refractivity contribution in [2.24, 2.45) is 5.73 Å². The van der Waals surface area contributed by atoms with Crippen molar-refractivity contribution in [1.29, 1.82) is 0 Å². The van der Waals surface area contributed by atoms with Crippen LogP contribution in [0, 0.1) is 0 Å². The molecule has 0 radical (unpaired) electrons. The molecule has 6 nitrogen and oxygen atoms in total. The summed E-state index contributed by atoms with van der Waals surface area (Å²) in [6.45, 7) is 4.09. The molecule has 0 bridgehead atoms. The van der Waals surface area contributed by atoms with Crippen molar-refractivity contribution >= 4 is 17.5 Å². The predicted molar refractivity (Wildman–Crippen MR) is 79.7 cm³/mol. The van der Waals surface area contributed by atoms with Crippen LogP contribution in [0.1, 0.15) is 31.9 Å². The first kappa shape index (κ1) is 15.5. The third-order valence-electron chi connectivity index (χ3n) is 3.56. The Kier molecular flexibility index (Phi) is 4.59. The van der Waals surface area contributed by atoms with Crippen molar-refractivity contribution in [2.45, 2.75) is 31.8 Å². The van der Waals surface area contributed by atoms with E-state index in [0.717, 1.165) is 5.56 Å². The van der Waals surface area contributed by atoms with Gasteiger partial charge in [0.2, 0.25) is 11.8 Å². The zero-order valence-electron chi connectivity index (χ0n) is 12.3. The predicted octanol–water partition coefficient (Wildman–Crippen LogP) is 0.940. The summed E-state index contributed by atoms with van der Waals surface area (Å²) in [7, 11) is 0. The van der Waals surface area contributed by atoms with Gasteiger partial charge in [0.1, 0.15) is 5.54 Å². The van der Waals surface area contributed by atoms with E-state index >= 15 is 0 Å². The number of benzene rings is 1. The fourth-order valence-electron chi connectivity index (χ4n) is 2.27. The molecule has 1 fully saturated rings. The Bertz CT molecular complexity index is 539. The Hall–Kier alpha value is -1.92.